The van der Waals surface area contributed by atoms with Crippen molar-refractivity contribution >= 4 is 23.6 Å². The van der Waals surface area contributed by atoms with Crippen LogP contribution in [0, 0.1) is 27.7 Å². The van der Waals surface area contributed by atoms with Crippen molar-refractivity contribution < 1.29 is 9.68 Å². The Morgan fingerprint density at radius 3 is 1.91 bits per heavy atom. The van der Waals surface area contributed by atoms with Gasteiger partial charge in [0, 0.05) is 18.0 Å². The Morgan fingerprint density at radius 1 is 0.750 bits per heavy atom. The first kappa shape index (κ1) is 25.3. The molecule has 0 spiro atoms. The second-order valence-corrected chi connectivity index (χ2v) is 7.94. The molecule has 4 nitrogen and oxygen atoms in total. The topological polar surface area (TPSA) is 55.2 Å². The second kappa shape index (κ2) is 13.5. The van der Waals surface area contributed by atoms with Crippen LogP contribution in [0.1, 0.15) is 22.3 Å². The van der Waals surface area contributed by atoms with Gasteiger partial charge in [-0.05, 0) is 90.6 Å². The summed E-state index contributed by atoms with van der Waals surface area (Å²) >= 11 is 3.28. The van der Waals surface area contributed by atoms with Crippen LogP contribution < -0.4 is 4.65 Å². The molecule has 32 heavy (non-hydrogen) atoms. The van der Waals surface area contributed by atoms with Crippen LogP contribution in [0.25, 0.3) is 11.3 Å². The van der Waals surface area contributed by atoms with Crippen molar-refractivity contribution in [3.8, 4) is 17.0 Å². The smallest absolute Gasteiger partial charge is 0.537 e. The second-order valence-electron chi connectivity index (χ2n) is 7.19. The summed E-state index contributed by atoms with van der Waals surface area (Å²) in [5.41, 5.74) is 7.05. The summed E-state index contributed by atoms with van der Waals surface area (Å²) in [5, 5.41) is 8.26. The number of aryl methyl sites for hydroxylation is 4. The molecule has 0 bridgehead atoms. The Morgan fingerprint density at radius 2 is 1.38 bits per heavy atom. The van der Waals surface area contributed by atoms with Gasteiger partial charge < -0.3 is 9.68 Å². The van der Waals surface area contributed by atoms with Crippen molar-refractivity contribution in [3.05, 3.63) is 112 Å². The molecule has 0 unspecified atom stereocenters. The molecule has 2 aromatic heterocycles. The highest BCUT2D eigenvalue weighted by molar-refractivity contribution is 9.10. The van der Waals surface area contributed by atoms with Crippen LogP contribution in [0.4, 0.5) is 0 Å². The highest BCUT2D eigenvalue weighted by atomic mass is 79.9. The Hall–Kier alpha value is -2.96. The van der Waals surface area contributed by atoms with Crippen molar-refractivity contribution in [2.45, 2.75) is 27.7 Å². The van der Waals surface area contributed by atoms with E-state index in [0.29, 0.717) is 13.4 Å². The van der Waals surface area contributed by atoms with Crippen LogP contribution in [-0.2, 0) is 0 Å². The van der Waals surface area contributed by atoms with Gasteiger partial charge in [-0.3, -0.25) is 4.98 Å². The Kier molecular flexibility index (Phi) is 10.6. The standard InChI is InChI=1S/C13H13N.C7H8BO2.C6H6BrN/c1-10-5-3-7-12(9-10)13-11(2)6-4-8-14-13;1-6-3-2-4-7(5-6)10-8-9;1-5-3-2-4-8-6(5)7/h3-9H,1-2H3;2-5,9H,1H3;2-4H,1H3. The van der Waals surface area contributed by atoms with Crippen LogP contribution in [0.5, 0.6) is 5.75 Å². The van der Waals surface area contributed by atoms with Gasteiger partial charge in [-0.1, -0.05) is 48.0 Å². The number of benzene rings is 2. The minimum absolute atomic E-state index is 0.655. The number of hydrogen-bond donors (Lipinski definition) is 1. The number of nitrogens with zero attached hydrogens (tertiary/aromatic N) is 2. The van der Waals surface area contributed by atoms with Gasteiger partial charge in [0.25, 0.3) is 0 Å². The molecule has 0 aliphatic rings. The van der Waals surface area contributed by atoms with Crippen LogP contribution in [0.2, 0.25) is 0 Å². The molecule has 1 radical (unpaired) electrons. The SMILES string of the molecule is Cc1cccc(-c2ncccc2C)c1.Cc1cccc(O[B]O)c1.Cc1cccnc1Br. The van der Waals surface area contributed by atoms with Crippen LogP contribution >= 0.6 is 15.9 Å². The van der Waals surface area contributed by atoms with Gasteiger partial charge in [0.1, 0.15) is 10.4 Å². The lowest BCUT2D eigenvalue weighted by molar-refractivity contribution is 0.453. The number of pyridine rings is 2. The Bertz CT molecular complexity index is 1100. The fourth-order valence-corrected chi connectivity index (χ4v) is 3.05. The lowest BCUT2D eigenvalue weighted by Gasteiger charge is -2.04. The van der Waals surface area contributed by atoms with Crippen molar-refractivity contribution in [1.29, 1.82) is 0 Å². The number of hydrogen-bond acceptors (Lipinski definition) is 4. The van der Waals surface area contributed by atoms with E-state index in [2.05, 4.69) is 70.1 Å². The molecule has 163 valence electrons. The van der Waals surface area contributed by atoms with E-state index in [1.165, 1.54) is 22.3 Å². The average molecular weight is 490 g/mol. The van der Waals surface area contributed by atoms with Crippen LogP contribution in [0.15, 0.2) is 89.8 Å². The van der Waals surface area contributed by atoms with Gasteiger partial charge >= 0.3 is 7.69 Å². The van der Waals surface area contributed by atoms with Crippen LogP contribution in [0.3, 0.4) is 0 Å². The van der Waals surface area contributed by atoms with Crippen molar-refractivity contribution in [1.82, 2.24) is 9.97 Å². The molecule has 6 heteroatoms. The molecule has 2 aromatic carbocycles. The summed E-state index contributed by atoms with van der Waals surface area (Å²) in [6.07, 6.45) is 3.60. The highest BCUT2D eigenvalue weighted by Gasteiger charge is 2.01. The summed E-state index contributed by atoms with van der Waals surface area (Å²) in [7, 11) is 0.675. The lowest BCUT2D eigenvalue weighted by atomic mass is 10.1. The molecule has 0 saturated heterocycles. The van der Waals surface area contributed by atoms with E-state index in [1.807, 2.05) is 56.4 Å². The van der Waals surface area contributed by atoms with Gasteiger partial charge in [-0.25, -0.2) is 4.98 Å². The zero-order valence-electron chi connectivity index (χ0n) is 18.8. The normalized spacial score (nSPS) is 9.56. The minimum Gasteiger partial charge on any atom is -0.537 e. The fraction of sp³-hybridized carbons (Fsp3) is 0.154. The average Bonchev–Trinajstić information content (AvgIpc) is 2.77. The molecule has 0 aliphatic carbocycles. The first-order valence-electron chi connectivity index (χ1n) is 10.2. The summed E-state index contributed by atoms with van der Waals surface area (Å²) in [6.45, 7) is 8.16. The van der Waals surface area contributed by atoms with E-state index >= 15 is 0 Å². The third-order valence-electron chi connectivity index (χ3n) is 4.42. The quantitative estimate of drug-likeness (QED) is 0.266. The largest absolute Gasteiger partial charge is 0.569 e. The molecule has 0 saturated carbocycles. The first-order valence-corrected chi connectivity index (χ1v) is 10.9. The fourth-order valence-electron chi connectivity index (χ4n) is 2.80. The Labute approximate surface area is 199 Å². The monoisotopic (exact) mass is 489 g/mol. The van der Waals surface area contributed by atoms with Gasteiger partial charge in [0.15, 0.2) is 0 Å². The summed E-state index contributed by atoms with van der Waals surface area (Å²) in [4.78, 5) is 8.38. The molecular weight excluding hydrogens is 463 g/mol. The third kappa shape index (κ3) is 8.65. The number of halogens is 1. The molecule has 4 aromatic rings. The molecule has 2 heterocycles. The molecule has 0 atom stereocenters. The first-order chi connectivity index (χ1) is 15.4. The third-order valence-corrected chi connectivity index (χ3v) is 5.26. The number of rotatable bonds is 3. The molecule has 4 rings (SSSR count). The Balaban J connectivity index is 0.000000178. The summed E-state index contributed by atoms with van der Waals surface area (Å²) < 4.78 is 5.65. The maximum absolute atomic E-state index is 8.26. The predicted octanol–water partition coefficient (Wildman–Crippen LogP) is 6.42. The van der Waals surface area contributed by atoms with E-state index in [4.69, 9.17) is 9.68 Å². The highest BCUT2D eigenvalue weighted by Crippen LogP contribution is 2.20. The van der Waals surface area contributed by atoms with E-state index < -0.39 is 0 Å². The van der Waals surface area contributed by atoms with Crippen molar-refractivity contribution in [3.63, 3.8) is 0 Å². The minimum atomic E-state index is 0.655. The number of aromatic nitrogens is 2. The zero-order valence-corrected chi connectivity index (χ0v) is 20.4. The molecule has 0 aliphatic heterocycles. The summed E-state index contributed by atoms with van der Waals surface area (Å²) in [6, 6.07) is 23.9. The van der Waals surface area contributed by atoms with Gasteiger partial charge in [-0.2, -0.15) is 0 Å². The molecule has 0 fully saturated rings. The van der Waals surface area contributed by atoms with E-state index in [9.17, 15) is 0 Å². The van der Waals surface area contributed by atoms with Gasteiger partial charge in [0.2, 0.25) is 0 Å². The van der Waals surface area contributed by atoms with E-state index in [0.717, 1.165) is 15.9 Å². The van der Waals surface area contributed by atoms with Gasteiger partial charge in [0.05, 0.1) is 5.69 Å². The van der Waals surface area contributed by atoms with Gasteiger partial charge in [-0.15, -0.1) is 0 Å². The lowest BCUT2D eigenvalue weighted by Crippen LogP contribution is -1.99. The van der Waals surface area contributed by atoms with E-state index in [1.54, 1.807) is 12.3 Å². The van der Waals surface area contributed by atoms with Crippen LogP contribution in [-0.4, -0.2) is 22.7 Å². The summed E-state index contributed by atoms with van der Waals surface area (Å²) in [5.74, 6) is 0.655. The van der Waals surface area contributed by atoms with E-state index in [-0.39, 0.29) is 0 Å². The zero-order chi connectivity index (χ0) is 23.3. The van der Waals surface area contributed by atoms with Crippen molar-refractivity contribution in [2.75, 3.05) is 0 Å². The van der Waals surface area contributed by atoms with Crippen molar-refractivity contribution in [2.24, 2.45) is 0 Å². The predicted molar refractivity (Wildman–Crippen MR) is 136 cm³/mol. The maximum atomic E-state index is 8.26. The molecular formula is C26H27BBrN2O2. The molecule has 1 N–H and O–H groups in total. The maximum Gasteiger partial charge on any atom is 0.569 e. The molecule has 0 amide bonds.